The molecule has 0 spiro atoms. The van der Waals surface area contributed by atoms with Gasteiger partial charge in [0.2, 0.25) is 0 Å². The minimum Gasteiger partial charge on any atom is -0.293 e. The third-order valence-corrected chi connectivity index (χ3v) is 3.22. The lowest BCUT2D eigenvalue weighted by molar-refractivity contribution is 0.0992. The lowest BCUT2D eigenvalue weighted by atomic mass is 10.2. The summed E-state index contributed by atoms with van der Waals surface area (Å²) in [6.07, 6.45) is 5.54. The first kappa shape index (κ1) is 9.98. The average Bonchev–Trinajstić information content (AvgIpc) is 2.78. The predicted octanol–water partition coefficient (Wildman–Crippen LogP) is 2.80. The molecule has 0 aliphatic heterocycles. The second-order valence-corrected chi connectivity index (χ2v) is 4.15. The van der Waals surface area contributed by atoms with Gasteiger partial charge in [0.15, 0.2) is 5.78 Å². The van der Waals surface area contributed by atoms with Gasteiger partial charge in [0, 0.05) is 29.3 Å². The summed E-state index contributed by atoms with van der Waals surface area (Å²) >= 11 is 1.49. The van der Waals surface area contributed by atoms with Crippen molar-refractivity contribution in [1.29, 1.82) is 0 Å². The van der Waals surface area contributed by atoms with Gasteiger partial charge in [-0.15, -0.1) is 11.3 Å². The van der Waals surface area contributed by atoms with E-state index in [0.717, 1.165) is 15.3 Å². The second kappa shape index (κ2) is 4.31. The Bertz CT molecular complexity index is 464. The molecule has 0 amide bonds. The van der Waals surface area contributed by atoms with Crippen LogP contribution in [0.15, 0.2) is 30.9 Å². The Labute approximate surface area is 91.8 Å². The Morgan fingerprint density at radius 2 is 2.07 bits per heavy atom. The lowest BCUT2D eigenvalue weighted by Crippen LogP contribution is -1.90. The smallest absolute Gasteiger partial charge is 0.172 e. The molecule has 15 heavy (non-hydrogen) atoms. The highest BCUT2D eigenvalue weighted by molar-refractivity contribution is 7.17. The minimum absolute atomic E-state index is 0.183. The van der Waals surface area contributed by atoms with E-state index in [1.165, 1.54) is 17.7 Å². The standard InChI is InChI=1S/C11H10N2OS/c1-2-9(14)11-4-3-10(15-11)8-5-12-7-13-6-8/h3-7H,2H2,1H3. The fraction of sp³-hybridized carbons (Fsp3) is 0.182. The van der Waals surface area contributed by atoms with Gasteiger partial charge in [0.25, 0.3) is 0 Å². The van der Waals surface area contributed by atoms with Crippen molar-refractivity contribution in [1.82, 2.24) is 9.97 Å². The highest BCUT2D eigenvalue weighted by Crippen LogP contribution is 2.27. The second-order valence-electron chi connectivity index (χ2n) is 3.07. The van der Waals surface area contributed by atoms with Gasteiger partial charge in [-0.25, -0.2) is 9.97 Å². The van der Waals surface area contributed by atoms with E-state index in [9.17, 15) is 4.79 Å². The maximum Gasteiger partial charge on any atom is 0.172 e. The highest BCUT2D eigenvalue weighted by atomic mass is 32.1. The highest BCUT2D eigenvalue weighted by Gasteiger charge is 2.08. The van der Waals surface area contributed by atoms with Crippen LogP contribution in [0.1, 0.15) is 23.0 Å². The van der Waals surface area contributed by atoms with Gasteiger partial charge >= 0.3 is 0 Å². The summed E-state index contributed by atoms with van der Waals surface area (Å²) in [6, 6.07) is 3.80. The van der Waals surface area contributed by atoms with Crippen LogP contribution in [0.25, 0.3) is 10.4 Å². The van der Waals surface area contributed by atoms with Crippen molar-refractivity contribution in [3.05, 3.63) is 35.7 Å². The van der Waals surface area contributed by atoms with Gasteiger partial charge < -0.3 is 0 Å². The Morgan fingerprint density at radius 3 is 2.73 bits per heavy atom. The molecule has 0 bridgehead atoms. The van der Waals surface area contributed by atoms with Crippen LogP contribution in [0, 0.1) is 0 Å². The molecule has 0 aliphatic carbocycles. The van der Waals surface area contributed by atoms with Crippen LogP contribution in [0.3, 0.4) is 0 Å². The van der Waals surface area contributed by atoms with E-state index >= 15 is 0 Å². The molecule has 0 saturated heterocycles. The number of carbonyl (C=O) groups excluding carboxylic acids is 1. The van der Waals surface area contributed by atoms with Crippen LogP contribution in [-0.4, -0.2) is 15.8 Å². The van der Waals surface area contributed by atoms with Crippen molar-refractivity contribution in [2.75, 3.05) is 0 Å². The van der Waals surface area contributed by atoms with E-state index in [1.54, 1.807) is 12.4 Å². The Kier molecular flexibility index (Phi) is 2.87. The van der Waals surface area contributed by atoms with Crippen molar-refractivity contribution < 1.29 is 4.79 Å². The molecule has 2 aromatic rings. The molecule has 3 nitrogen and oxygen atoms in total. The normalized spacial score (nSPS) is 10.2. The van der Waals surface area contributed by atoms with Crippen LogP contribution in [0.2, 0.25) is 0 Å². The third-order valence-electron chi connectivity index (χ3n) is 2.05. The topological polar surface area (TPSA) is 42.9 Å². The Balaban J connectivity index is 2.32. The molecule has 2 aromatic heterocycles. The van der Waals surface area contributed by atoms with E-state index in [1.807, 2.05) is 19.1 Å². The average molecular weight is 218 g/mol. The minimum atomic E-state index is 0.183. The molecule has 4 heteroatoms. The summed E-state index contributed by atoms with van der Waals surface area (Å²) in [4.78, 5) is 21.2. The molecule has 0 saturated carbocycles. The molecule has 0 aliphatic rings. The van der Waals surface area contributed by atoms with E-state index in [2.05, 4.69) is 9.97 Å². The molecule has 0 fully saturated rings. The van der Waals surface area contributed by atoms with E-state index < -0.39 is 0 Å². The van der Waals surface area contributed by atoms with E-state index in [-0.39, 0.29) is 5.78 Å². The van der Waals surface area contributed by atoms with Gasteiger partial charge in [-0.3, -0.25) is 4.79 Å². The molecule has 0 radical (unpaired) electrons. The summed E-state index contributed by atoms with van der Waals surface area (Å²) < 4.78 is 0. The predicted molar refractivity (Wildman–Crippen MR) is 60.0 cm³/mol. The Morgan fingerprint density at radius 1 is 1.33 bits per heavy atom. The molecule has 0 unspecified atom stereocenters. The van der Waals surface area contributed by atoms with E-state index in [4.69, 9.17) is 0 Å². The lowest BCUT2D eigenvalue weighted by Gasteiger charge is -1.93. The van der Waals surface area contributed by atoms with Crippen molar-refractivity contribution in [3.63, 3.8) is 0 Å². The summed E-state index contributed by atoms with van der Waals surface area (Å²) in [6.45, 7) is 1.87. The van der Waals surface area contributed by atoms with Crippen molar-refractivity contribution in [2.24, 2.45) is 0 Å². The first-order valence-electron chi connectivity index (χ1n) is 4.69. The number of hydrogen-bond donors (Lipinski definition) is 0. The fourth-order valence-electron chi connectivity index (χ4n) is 1.24. The van der Waals surface area contributed by atoms with E-state index in [0.29, 0.717) is 6.42 Å². The third kappa shape index (κ3) is 2.10. The number of rotatable bonds is 3. The van der Waals surface area contributed by atoms with Gasteiger partial charge in [-0.2, -0.15) is 0 Å². The number of thiophene rings is 1. The Hall–Kier alpha value is -1.55. The van der Waals surface area contributed by atoms with Gasteiger partial charge in [0.05, 0.1) is 4.88 Å². The number of nitrogens with zero attached hydrogens (tertiary/aromatic N) is 2. The zero-order chi connectivity index (χ0) is 10.7. The zero-order valence-electron chi connectivity index (χ0n) is 8.30. The summed E-state index contributed by atoms with van der Waals surface area (Å²) in [5, 5.41) is 0. The number of Topliss-reactive ketones (excluding diaryl/α,β-unsaturated/α-hetero) is 1. The molecule has 2 rings (SSSR count). The molecule has 0 N–H and O–H groups in total. The maximum atomic E-state index is 11.4. The fourth-order valence-corrected chi connectivity index (χ4v) is 2.23. The molecular weight excluding hydrogens is 208 g/mol. The van der Waals surface area contributed by atoms with Gasteiger partial charge in [0.1, 0.15) is 6.33 Å². The summed E-state index contributed by atoms with van der Waals surface area (Å²) in [5.41, 5.74) is 0.956. The molecule has 76 valence electrons. The molecular formula is C11H10N2OS. The monoisotopic (exact) mass is 218 g/mol. The van der Waals surface area contributed by atoms with Crippen molar-refractivity contribution in [2.45, 2.75) is 13.3 Å². The van der Waals surface area contributed by atoms with Crippen LogP contribution in [0.5, 0.6) is 0 Å². The van der Waals surface area contributed by atoms with Gasteiger partial charge in [-0.1, -0.05) is 6.92 Å². The van der Waals surface area contributed by atoms with Crippen LogP contribution < -0.4 is 0 Å². The SMILES string of the molecule is CCC(=O)c1ccc(-c2cncnc2)s1. The number of ketones is 1. The molecule has 2 heterocycles. The summed E-state index contributed by atoms with van der Waals surface area (Å²) in [7, 11) is 0. The van der Waals surface area contributed by atoms with Crippen LogP contribution in [0.4, 0.5) is 0 Å². The maximum absolute atomic E-state index is 11.4. The summed E-state index contributed by atoms with van der Waals surface area (Å²) in [5.74, 6) is 0.183. The van der Waals surface area contributed by atoms with Crippen LogP contribution in [-0.2, 0) is 0 Å². The van der Waals surface area contributed by atoms with Crippen molar-refractivity contribution >= 4 is 17.1 Å². The first-order valence-corrected chi connectivity index (χ1v) is 5.51. The number of carbonyl (C=O) groups is 1. The zero-order valence-corrected chi connectivity index (χ0v) is 9.12. The van der Waals surface area contributed by atoms with Crippen molar-refractivity contribution in [3.8, 4) is 10.4 Å². The first-order chi connectivity index (χ1) is 7.31. The molecule has 0 atom stereocenters. The van der Waals surface area contributed by atoms with Crippen LogP contribution >= 0.6 is 11.3 Å². The number of hydrogen-bond acceptors (Lipinski definition) is 4. The van der Waals surface area contributed by atoms with Gasteiger partial charge in [-0.05, 0) is 12.1 Å². The molecule has 0 aromatic carbocycles. The number of aromatic nitrogens is 2. The largest absolute Gasteiger partial charge is 0.293 e. The quantitative estimate of drug-likeness (QED) is 0.744.